The molecule has 1 heterocycles. The monoisotopic (exact) mass is 415 g/mol. The molecular weight excluding hydrogens is 374 g/mol. The SMILES string of the molecule is C=C(/C=C\C=C(/CN1CC(C)(c2cccc3ccccc23)CC1(C)C)C(C)C)C(C)C. The second kappa shape index (κ2) is 9.17. The first-order chi connectivity index (χ1) is 14.5. The van der Waals surface area contributed by atoms with Gasteiger partial charge in [0.15, 0.2) is 0 Å². The third kappa shape index (κ3) is 5.21. The highest BCUT2D eigenvalue weighted by Crippen LogP contribution is 2.45. The van der Waals surface area contributed by atoms with Crippen LogP contribution in [0.25, 0.3) is 10.8 Å². The molecule has 0 bridgehead atoms. The Hall–Kier alpha value is -2.12. The van der Waals surface area contributed by atoms with Crippen molar-refractivity contribution >= 4 is 10.8 Å². The van der Waals surface area contributed by atoms with E-state index in [2.05, 4.69) is 121 Å². The summed E-state index contributed by atoms with van der Waals surface area (Å²) in [6.07, 6.45) is 7.86. The van der Waals surface area contributed by atoms with Gasteiger partial charge < -0.3 is 0 Å². The Morgan fingerprint density at radius 2 is 1.68 bits per heavy atom. The third-order valence-electron chi connectivity index (χ3n) is 7.14. The van der Waals surface area contributed by atoms with Gasteiger partial charge in [0.2, 0.25) is 0 Å². The van der Waals surface area contributed by atoms with Gasteiger partial charge in [-0.3, -0.25) is 4.90 Å². The molecule has 1 fully saturated rings. The molecule has 0 aliphatic carbocycles. The molecule has 2 aromatic rings. The van der Waals surface area contributed by atoms with Gasteiger partial charge in [-0.15, -0.1) is 0 Å². The van der Waals surface area contributed by atoms with E-state index >= 15 is 0 Å². The molecule has 1 nitrogen and oxygen atoms in total. The first-order valence-corrected chi connectivity index (χ1v) is 11.8. The number of hydrogen-bond donors (Lipinski definition) is 0. The van der Waals surface area contributed by atoms with Crippen LogP contribution in [0.15, 0.2) is 78.4 Å². The van der Waals surface area contributed by atoms with Crippen molar-refractivity contribution in [2.75, 3.05) is 13.1 Å². The molecule has 1 heteroatoms. The Morgan fingerprint density at radius 1 is 1.00 bits per heavy atom. The summed E-state index contributed by atoms with van der Waals surface area (Å²) in [5, 5.41) is 2.75. The number of likely N-dealkylation sites (tertiary alicyclic amines) is 1. The van der Waals surface area contributed by atoms with Crippen LogP contribution in [-0.2, 0) is 5.41 Å². The number of nitrogens with zero attached hydrogens (tertiary/aromatic N) is 1. The summed E-state index contributed by atoms with van der Waals surface area (Å²) in [7, 11) is 0. The lowest BCUT2D eigenvalue weighted by atomic mass is 9.76. The van der Waals surface area contributed by atoms with Crippen LogP contribution < -0.4 is 0 Å². The summed E-state index contributed by atoms with van der Waals surface area (Å²) < 4.78 is 0. The highest BCUT2D eigenvalue weighted by molar-refractivity contribution is 5.86. The van der Waals surface area contributed by atoms with Crippen LogP contribution in [-0.4, -0.2) is 23.5 Å². The van der Waals surface area contributed by atoms with Gasteiger partial charge in [0, 0.05) is 24.0 Å². The van der Waals surface area contributed by atoms with Crippen LogP contribution in [0.5, 0.6) is 0 Å². The molecule has 0 N–H and O–H groups in total. The van der Waals surface area contributed by atoms with Gasteiger partial charge in [-0.1, -0.05) is 113 Å². The molecule has 0 spiro atoms. The molecule has 1 aliphatic rings. The topological polar surface area (TPSA) is 3.24 Å². The molecule has 1 atom stereocenters. The average Bonchev–Trinajstić information content (AvgIpc) is 2.95. The predicted octanol–water partition coefficient (Wildman–Crippen LogP) is 7.93. The average molecular weight is 416 g/mol. The minimum Gasteiger partial charge on any atom is -0.293 e. The largest absolute Gasteiger partial charge is 0.293 e. The van der Waals surface area contributed by atoms with E-state index in [1.165, 1.54) is 33.9 Å². The van der Waals surface area contributed by atoms with E-state index in [1.807, 2.05) is 0 Å². The fourth-order valence-corrected chi connectivity index (χ4v) is 5.10. The molecular formula is C30H41N. The molecule has 31 heavy (non-hydrogen) atoms. The lowest BCUT2D eigenvalue weighted by Crippen LogP contribution is -2.40. The van der Waals surface area contributed by atoms with Crippen molar-refractivity contribution in [1.82, 2.24) is 4.90 Å². The Labute approximate surface area is 190 Å². The zero-order valence-electron chi connectivity index (χ0n) is 20.7. The zero-order chi connectivity index (χ0) is 22.8. The summed E-state index contributed by atoms with van der Waals surface area (Å²) in [5.41, 5.74) is 4.47. The lowest BCUT2D eigenvalue weighted by Gasteiger charge is -2.33. The van der Waals surface area contributed by atoms with E-state index in [1.54, 1.807) is 0 Å². The highest BCUT2D eigenvalue weighted by Gasteiger charge is 2.46. The van der Waals surface area contributed by atoms with Crippen molar-refractivity contribution < 1.29 is 0 Å². The standard InChI is InChI=1S/C30H41N/c1-22(2)24(5)13-11-16-26(23(3)4)19-31-21-30(8,20-29(31,6)7)28-18-12-15-25-14-9-10-17-27(25)28/h9-18,22-23H,5,19-21H2,1-4,6-8H3/b13-11-,26-16+. The lowest BCUT2D eigenvalue weighted by molar-refractivity contribution is 0.186. The Kier molecular flexibility index (Phi) is 6.96. The second-order valence-electron chi connectivity index (χ2n) is 10.9. The predicted molar refractivity (Wildman–Crippen MR) is 138 cm³/mol. The van der Waals surface area contributed by atoms with E-state index in [-0.39, 0.29) is 11.0 Å². The first-order valence-electron chi connectivity index (χ1n) is 11.8. The maximum Gasteiger partial charge on any atom is 0.0204 e. The van der Waals surface area contributed by atoms with Gasteiger partial charge in [-0.25, -0.2) is 0 Å². The molecule has 0 radical (unpaired) electrons. The van der Waals surface area contributed by atoms with Crippen molar-refractivity contribution in [3.8, 4) is 0 Å². The van der Waals surface area contributed by atoms with Crippen LogP contribution in [0.4, 0.5) is 0 Å². The van der Waals surface area contributed by atoms with Crippen molar-refractivity contribution in [1.29, 1.82) is 0 Å². The molecule has 1 saturated heterocycles. The summed E-state index contributed by atoms with van der Waals surface area (Å²) >= 11 is 0. The van der Waals surface area contributed by atoms with E-state index in [4.69, 9.17) is 0 Å². The maximum absolute atomic E-state index is 4.17. The third-order valence-corrected chi connectivity index (χ3v) is 7.14. The van der Waals surface area contributed by atoms with E-state index in [9.17, 15) is 0 Å². The van der Waals surface area contributed by atoms with Crippen LogP contribution in [0.3, 0.4) is 0 Å². The smallest absolute Gasteiger partial charge is 0.0204 e. The minimum atomic E-state index is 0.147. The second-order valence-corrected chi connectivity index (χ2v) is 10.9. The quantitative estimate of drug-likeness (QED) is 0.415. The molecule has 0 aromatic heterocycles. The van der Waals surface area contributed by atoms with E-state index < -0.39 is 0 Å². The number of fused-ring (bicyclic) bond motifs is 1. The van der Waals surface area contributed by atoms with Crippen LogP contribution in [0.1, 0.15) is 60.5 Å². The summed E-state index contributed by atoms with van der Waals surface area (Å²) in [4.78, 5) is 2.70. The van der Waals surface area contributed by atoms with Crippen LogP contribution in [0.2, 0.25) is 0 Å². The van der Waals surface area contributed by atoms with Crippen LogP contribution >= 0.6 is 0 Å². The van der Waals surface area contributed by atoms with Crippen molar-refractivity contribution in [2.24, 2.45) is 11.8 Å². The molecule has 2 aromatic carbocycles. The van der Waals surface area contributed by atoms with E-state index in [0.29, 0.717) is 11.8 Å². The zero-order valence-corrected chi connectivity index (χ0v) is 20.7. The molecule has 1 aliphatic heterocycles. The molecule has 0 saturated carbocycles. The van der Waals surface area contributed by atoms with Crippen LogP contribution in [0, 0.1) is 11.8 Å². The van der Waals surface area contributed by atoms with Crippen molar-refractivity contribution in [3.63, 3.8) is 0 Å². The Bertz CT molecular complexity index is 983. The Balaban J connectivity index is 1.88. The summed E-state index contributed by atoms with van der Waals surface area (Å²) in [5.74, 6) is 1.02. The molecule has 1 unspecified atom stereocenters. The van der Waals surface area contributed by atoms with Gasteiger partial charge in [-0.2, -0.15) is 0 Å². The van der Waals surface area contributed by atoms with Gasteiger partial charge >= 0.3 is 0 Å². The maximum atomic E-state index is 4.17. The first kappa shape index (κ1) is 23.5. The van der Waals surface area contributed by atoms with Gasteiger partial charge in [0.1, 0.15) is 0 Å². The van der Waals surface area contributed by atoms with Crippen molar-refractivity contribution in [2.45, 2.75) is 65.8 Å². The summed E-state index contributed by atoms with van der Waals surface area (Å²) in [6.45, 7) is 22.6. The van der Waals surface area contributed by atoms with Gasteiger partial charge in [-0.05, 0) is 48.4 Å². The fraction of sp³-hybridized carbons (Fsp3) is 0.467. The number of rotatable bonds is 7. The number of hydrogen-bond acceptors (Lipinski definition) is 1. The normalized spacial score (nSPS) is 22.3. The minimum absolute atomic E-state index is 0.147. The molecule has 3 rings (SSSR count). The number of allylic oxidation sites excluding steroid dienone is 4. The summed E-state index contributed by atoms with van der Waals surface area (Å²) in [6, 6.07) is 15.6. The van der Waals surface area contributed by atoms with E-state index in [0.717, 1.165) is 13.1 Å². The van der Waals surface area contributed by atoms with Gasteiger partial charge in [0.05, 0.1) is 0 Å². The van der Waals surface area contributed by atoms with Crippen molar-refractivity contribution in [3.05, 3.63) is 84.0 Å². The number of benzene rings is 2. The molecule has 166 valence electrons. The Morgan fingerprint density at radius 3 is 2.35 bits per heavy atom. The molecule has 0 amide bonds. The highest BCUT2D eigenvalue weighted by atomic mass is 15.2. The fourth-order valence-electron chi connectivity index (χ4n) is 5.10. The van der Waals surface area contributed by atoms with Gasteiger partial charge in [0.25, 0.3) is 0 Å².